The van der Waals surface area contributed by atoms with Gasteiger partial charge >= 0.3 is 12.0 Å². The molecule has 0 aliphatic rings. The van der Waals surface area contributed by atoms with Crippen LogP contribution >= 0.6 is 0 Å². The second kappa shape index (κ2) is 4.89. The van der Waals surface area contributed by atoms with Gasteiger partial charge in [0.15, 0.2) is 0 Å². The van der Waals surface area contributed by atoms with E-state index >= 15 is 0 Å². The molecule has 0 aromatic heterocycles. The van der Waals surface area contributed by atoms with E-state index < -0.39 is 12.0 Å². The number of nitrogens with two attached hydrogens (primary N) is 1. The third-order valence-electron chi connectivity index (χ3n) is 1.99. The number of ether oxygens (including phenoxy) is 1. The van der Waals surface area contributed by atoms with Gasteiger partial charge in [0.1, 0.15) is 5.75 Å². The average molecular weight is 230 g/mol. The number of alkyl halides is 2. The predicted molar refractivity (Wildman–Crippen MR) is 53.7 cm³/mol. The first-order chi connectivity index (χ1) is 7.51. The molecule has 6 heteroatoms. The molecule has 0 saturated carbocycles. The van der Waals surface area contributed by atoms with Crippen LogP contribution < -0.4 is 16.0 Å². The monoisotopic (exact) mass is 230 g/mol. The Bertz CT molecular complexity index is 383. The number of nitrogens with one attached hydrogen (secondary N) is 1. The van der Waals surface area contributed by atoms with Crippen LogP contribution in [0.25, 0.3) is 0 Å². The fourth-order valence-electron chi connectivity index (χ4n) is 1.16. The minimum Gasteiger partial charge on any atom is -0.425 e. The molecule has 0 saturated heterocycles. The van der Waals surface area contributed by atoms with E-state index in [-0.39, 0.29) is 5.75 Å². The summed E-state index contributed by atoms with van der Waals surface area (Å²) in [5, 5.41) is 0. The molecule has 1 rings (SSSR count). The number of hydrogen-bond acceptors (Lipinski definition) is 3. The molecule has 0 bridgehead atoms. The molecule has 0 radical (unpaired) electrons. The van der Waals surface area contributed by atoms with Gasteiger partial charge in [0.25, 0.3) is 0 Å². The Morgan fingerprint density at radius 3 is 2.69 bits per heavy atom. The molecule has 0 fully saturated rings. The molecular weight excluding hydrogens is 218 g/mol. The smallest absolute Gasteiger partial charge is 0.425 e. The number of aryl methyl sites for hydroxylation is 1. The number of hydrogen-bond donors (Lipinski definition) is 2. The minimum atomic E-state index is -3.97. The van der Waals surface area contributed by atoms with Crippen LogP contribution in [0, 0.1) is 0 Å². The van der Waals surface area contributed by atoms with Crippen LogP contribution in [0.3, 0.4) is 0 Å². The number of hydrazine groups is 1. The zero-order valence-electron chi connectivity index (χ0n) is 8.67. The third kappa shape index (κ3) is 2.66. The highest BCUT2D eigenvalue weighted by Gasteiger charge is 2.42. The SMILES string of the molecule is CCc1ccccc1OC(F)(F)C(=O)NN. The Kier molecular flexibility index (Phi) is 3.78. The molecule has 0 aliphatic carbocycles. The van der Waals surface area contributed by atoms with Crippen molar-refractivity contribution in [3.63, 3.8) is 0 Å². The molecular formula is C10H12F2N2O2. The number of carbonyl (C=O) groups is 1. The number of halogens is 2. The lowest BCUT2D eigenvalue weighted by Gasteiger charge is -2.17. The van der Waals surface area contributed by atoms with Crippen molar-refractivity contribution in [1.29, 1.82) is 0 Å². The summed E-state index contributed by atoms with van der Waals surface area (Å²) in [4.78, 5) is 10.7. The summed E-state index contributed by atoms with van der Waals surface area (Å²) in [6.45, 7) is 1.79. The molecule has 0 spiro atoms. The zero-order chi connectivity index (χ0) is 12.2. The summed E-state index contributed by atoms with van der Waals surface area (Å²) in [6, 6.07) is 6.26. The molecule has 88 valence electrons. The Hall–Kier alpha value is -1.69. The fourth-order valence-corrected chi connectivity index (χ4v) is 1.16. The van der Waals surface area contributed by atoms with Gasteiger partial charge in [0, 0.05) is 0 Å². The second-order valence-electron chi connectivity index (χ2n) is 3.05. The lowest BCUT2D eigenvalue weighted by atomic mass is 10.1. The van der Waals surface area contributed by atoms with Gasteiger partial charge < -0.3 is 4.74 Å². The van der Waals surface area contributed by atoms with Crippen LogP contribution in [0.1, 0.15) is 12.5 Å². The van der Waals surface area contributed by atoms with E-state index in [2.05, 4.69) is 10.6 Å². The summed E-state index contributed by atoms with van der Waals surface area (Å²) in [5.41, 5.74) is 1.94. The fraction of sp³-hybridized carbons (Fsp3) is 0.300. The first-order valence-electron chi connectivity index (χ1n) is 4.67. The van der Waals surface area contributed by atoms with Crippen molar-refractivity contribution in [2.75, 3.05) is 0 Å². The summed E-state index contributed by atoms with van der Waals surface area (Å²) in [5.74, 6) is 2.91. The maximum atomic E-state index is 13.1. The normalized spacial score (nSPS) is 11.0. The molecule has 3 N–H and O–H groups in total. The Morgan fingerprint density at radius 1 is 1.50 bits per heavy atom. The first-order valence-corrected chi connectivity index (χ1v) is 4.67. The van der Waals surface area contributed by atoms with E-state index in [1.54, 1.807) is 25.1 Å². The number of carbonyl (C=O) groups excluding carboxylic acids is 1. The second-order valence-corrected chi connectivity index (χ2v) is 3.05. The molecule has 1 aromatic carbocycles. The maximum absolute atomic E-state index is 13.1. The lowest BCUT2D eigenvalue weighted by Crippen LogP contribution is -2.47. The summed E-state index contributed by atoms with van der Waals surface area (Å²) < 4.78 is 30.6. The van der Waals surface area contributed by atoms with Gasteiger partial charge in [-0.25, -0.2) is 5.84 Å². The molecule has 0 heterocycles. The highest BCUT2D eigenvalue weighted by molar-refractivity contribution is 5.81. The Morgan fingerprint density at radius 2 is 2.12 bits per heavy atom. The first kappa shape index (κ1) is 12.4. The van der Waals surface area contributed by atoms with Crippen molar-refractivity contribution in [3.8, 4) is 5.75 Å². The van der Waals surface area contributed by atoms with Crippen LogP contribution in [-0.2, 0) is 11.2 Å². The minimum absolute atomic E-state index is 0.0291. The van der Waals surface area contributed by atoms with Crippen LogP contribution in [0.2, 0.25) is 0 Å². The van der Waals surface area contributed by atoms with Crippen LogP contribution in [0.4, 0.5) is 8.78 Å². The number of rotatable bonds is 4. The van der Waals surface area contributed by atoms with Crippen molar-refractivity contribution in [2.24, 2.45) is 5.84 Å². The largest absolute Gasteiger partial charge is 0.483 e. The molecule has 1 amide bonds. The summed E-state index contributed by atoms with van der Waals surface area (Å²) >= 11 is 0. The number of amides is 1. The number of para-hydroxylation sites is 1. The van der Waals surface area contributed by atoms with Crippen LogP contribution in [-0.4, -0.2) is 12.0 Å². The average Bonchev–Trinajstić information content (AvgIpc) is 2.28. The highest BCUT2D eigenvalue weighted by Crippen LogP contribution is 2.25. The van der Waals surface area contributed by atoms with Crippen molar-refractivity contribution in [3.05, 3.63) is 29.8 Å². The lowest BCUT2D eigenvalue weighted by molar-refractivity contribution is -0.193. The van der Waals surface area contributed by atoms with Crippen LogP contribution in [0.5, 0.6) is 5.75 Å². The highest BCUT2D eigenvalue weighted by atomic mass is 19.3. The van der Waals surface area contributed by atoms with Crippen molar-refractivity contribution < 1.29 is 18.3 Å². The number of benzene rings is 1. The molecule has 1 aromatic rings. The summed E-state index contributed by atoms with van der Waals surface area (Å²) in [7, 11) is 0. The van der Waals surface area contributed by atoms with Gasteiger partial charge in [-0.05, 0) is 18.1 Å². The van der Waals surface area contributed by atoms with E-state index in [0.717, 1.165) is 0 Å². The van der Waals surface area contributed by atoms with E-state index in [4.69, 9.17) is 0 Å². The molecule has 0 atom stereocenters. The van der Waals surface area contributed by atoms with Crippen molar-refractivity contribution in [2.45, 2.75) is 19.5 Å². The topological polar surface area (TPSA) is 64.3 Å². The van der Waals surface area contributed by atoms with Crippen LogP contribution in [0.15, 0.2) is 24.3 Å². The molecule has 0 unspecified atom stereocenters. The molecule has 4 nitrogen and oxygen atoms in total. The quantitative estimate of drug-likeness (QED) is 0.464. The Labute approximate surface area is 91.4 Å². The van der Waals surface area contributed by atoms with Gasteiger partial charge in [0.05, 0.1) is 0 Å². The van der Waals surface area contributed by atoms with Gasteiger partial charge in [-0.2, -0.15) is 8.78 Å². The van der Waals surface area contributed by atoms with Gasteiger partial charge in [0.2, 0.25) is 0 Å². The van der Waals surface area contributed by atoms with Gasteiger partial charge in [-0.15, -0.1) is 0 Å². The molecule has 0 aliphatic heterocycles. The van der Waals surface area contributed by atoms with E-state index in [9.17, 15) is 13.6 Å². The van der Waals surface area contributed by atoms with Gasteiger partial charge in [-0.3, -0.25) is 10.2 Å². The van der Waals surface area contributed by atoms with E-state index in [0.29, 0.717) is 12.0 Å². The summed E-state index contributed by atoms with van der Waals surface area (Å²) in [6.07, 6.45) is -3.45. The predicted octanol–water partition coefficient (Wildman–Crippen LogP) is 1.21. The standard InChI is InChI=1S/C10H12F2N2O2/c1-2-7-5-3-4-6-8(7)16-10(11,12)9(15)14-13/h3-6H,2,13H2,1H3,(H,14,15). The van der Waals surface area contributed by atoms with E-state index in [1.807, 2.05) is 0 Å². The molecule has 16 heavy (non-hydrogen) atoms. The van der Waals surface area contributed by atoms with Crippen molar-refractivity contribution in [1.82, 2.24) is 5.43 Å². The third-order valence-corrected chi connectivity index (χ3v) is 1.99. The van der Waals surface area contributed by atoms with Crippen molar-refractivity contribution >= 4 is 5.91 Å². The maximum Gasteiger partial charge on any atom is 0.483 e. The van der Waals surface area contributed by atoms with Gasteiger partial charge in [-0.1, -0.05) is 25.1 Å². The Balaban J connectivity index is 2.91. The van der Waals surface area contributed by atoms with E-state index in [1.165, 1.54) is 11.5 Å². The zero-order valence-corrected chi connectivity index (χ0v) is 8.67.